The number of benzene rings is 2. The van der Waals surface area contributed by atoms with E-state index in [0.29, 0.717) is 16.8 Å². The highest BCUT2D eigenvalue weighted by atomic mass is 35.5. The Labute approximate surface area is 201 Å². The minimum absolute atomic E-state index is 0.0747. The second-order valence-corrected chi connectivity index (χ2v) is 8.46. The zero-order valence-electron chi connectivity index (χ0n) is 18.1. The van der Waals surface area contributed by atoms with Crippen LogP contribution >= 0.6 is 11.6 Å². The fourth-order valence-electron chi connectivity index (χ4n) is 3.92. The lowest BCUT2D eigenvalue weighted by molar-refractivity contribution is -0.338. The van der Waals surface area contributed by atoms with Crippen molar-refractivity contribution in [1.29, 1.82) is 0 Å². The van der Waals surface area contributed by atoms with Gasteiger partial charge in [-0.3, -0.25) is 9.99 Å². The summed E-state index contributed by atoms with van der Waals surface area (Å²) in [6.07, 6.45) is -12.9. The predicted octanol–water partition coefficient (Wildman–Crippen LogP) is 6.87. The fourth-order valence-corrected chi connectivity index (χ4v) is 4.14. The lowest BCUT2D eigenvalue weighted by Crippen LogP contribution is -2.62. The minimum atomic E-state index is -6.04. The molecular formula is C24H18ClF6N3O. The van der Waals surface area contributed by atoms with Gasteiger partial charge in [0, 0.05) is 17.7 Å². The molecule has 0 saturated heterocycles. The first-order valence-electron chi connectivity index (χ1n) is 10.3. The predicted molar refractivity (Wildman–Crippen MR) is 120 cm³/mol. The molecule has 0 aliphatic carbocycles. The topological polar surface area (TPSA) is 48.7 Å². The molecule has 11 heteroatoms. The zero-order chi connectivity index (χ0) is 25.6. The number of halogens is 7. The third-order valence-corrected chi connectivity index (χ3v) is 6.05. The van der Waals surface area contributed by atoms with E-state index < -0.39 is 36.1 Å². The molecule has 0 spiro atoms. The van der Waals surface area contributed by atoms with Gasteiger partial charge in [-0.15, -0.1) is 0 Å². The number of alkyl halides is 6. The number of nitrogens with zero attached hydrogens (tertiary/aromatic N) is 3. The Hall–Kier alpha value is -3.11. The van der Waals surface area contributed by atoms with Gasteiger partial charge < -0.3 is 5.11 Å². The summed E-state index contributed by atoms with van der Waals surface area (Å²) in [5.74, 6) is 0. The van der Waals surface area contributed by atoms with Gasteiger partial charge in [-0.05, 0) is 36.8 Å². The summed E-state index contributed by atoms with van der Waals surface area (Å²) in [6, 6.07) is 16.8. The quantitative estimate of drug-likeness (QED) is 0.387. The van der Waals surface area contributed by atoms with E-state index in [2.05, 4.69) is 10.1 Å². The minimum Gasteiger partial charge on any atom is -0.369 e. The second kappa shape index (κ2) is 8.83. The van der Waals surface area contributed by atoms with E-state index in [0.717, 1.165) is 10.7 Å². The zero-order valence-corrected chi connectivity index (χ0v) is 18.8. The van der Waals surface area contributed by atoms with Crippen LogP contribution in [-0.4, -0.2) is 33.8 Å². The molecule has 0 fully saturated rings. The van der Waals surface area contributed by atoms with Crippen LogP contribution in [0.2, 0.25) is 5.02 Å². The van der Waals surface area contributed by atoms with Crippen molar-refractivity contribution in [1.82, 2.24) is 4.98 Å². The monoisotopic (exact) mass is 513 g/mol. The van der Waals surface area contributed by atoms with Crippen LogP contribution in [0.1, 0.15) is 23.7 Å². The number of aliphatic hydroxyl groups is 1. The Bertz CT molecular complexity index is 1240. The highest BCUT2D eigenvalue weighted by Crippen LogP contribution is 2.49. The summed E-state index contributed by atoms with van der Waals surface area (Å²) in [5.41, 5.74) is -3.94. The lowest BCUT2D eigenvalue weighted by atomic mass is 9.89. The van der Waals surface area contributed by atoms with Crippen molar-refractivity contribution in [3.8, 4) is 11.3 Å². The van der Waals surface area contributed by atoms with E-state index in [9.17, 15) is 31.4 Å². The summed E-state index contributed by atoms with van der Waals surface area (Å²) in [7, 11) is 0. The van der Waals surface area contributed by atoms with Crippen molar-refractivity contribution < 1.29 is 31.4 Å². The maximum absolute atomic E-state index is 13.6. The number of hydrazone groups is 1. The molecule has 3 aromatic rings. The van der Waals surface area contributed by atoms with Gasteiger partial charge in [0.15, 0.2) is 0 Å². The van der Waals surface area contributed by atoms with Gasteiger partial charge in [0.1, 0.15) is 0 Å². The third-order valence-electron chi connectivity index (χ3n) is 5.73. The largest absolute Gasteiger partial charge is 0.431 e. The number of aromatic nitrogens is 1. The molecule has 0 bridgehead atoms. The first-order valence-corrected chi connectivity index (χ1v) is 10.7. The number of aryl methyl sites for hydroxylation is 1. The Balaban J connectivity index is 1.79. The molecule has 35 heavy (non-hydrogen) atoms. The average molecular weight is 514 g/mol. The van der Waals surface area contributed by atoms with Gasteiger partial charge in [-0.25, -0.2) is 0 Å². The van der Waals surface area contributed by atoms with Crippen LogP contribution in [0.3, 0.4) is 0 Å². The molecule has 0 radical (unpaired) electrons. The molecule has 2 heterocycles. The summed E-state index contributed by atoms with van der Waals surface area (Å²) >= 11 is 6.19. The fraction of sp³-hybridized carbons (Fsp3) is 0.250. The van der Waals surface area contributed by atoms with Crippen LogP contribution in [0.25, 0.3) is 11.3 Å². The second-order valence-electron chi connectivity index (χ2n) is 8.05. The molecule has 1 aliphatic heterocycles. The maximum atomic E-state index is 13.6. The van der Waals surface area contributed by atoms with Gasteiger partial charge in [0.05, 0.1) is 28.2 Å². The van der Waals surface area contributed by atoms with Crippen LogP contribution in [0.5, 0.6) is 0 Å². The summed E-state index contributed by atoms with van der Waals surface area (Å²) in [4.78, 5) is 4.41. The molecule has 1 N–H and O–H groups in total. The van der Waals surface area contributed by atoms with Crippen molar-refractivity contribution in [3.05, 3.63) is 83.0 Å². The molecule has 1 aliphatic rings. The van der Waals surface area contributed by atoms with Gasteiger partial charge in [0.25, 0.3) is 5.60 Å². The maximum Gasteiger partial charge on any atom is 0.431 e. The SMILES string of the molecule is Cc1cccc(-c2ccc(C3CC(C(O)(C(F)(F)F)C(F)(F)F)=NN3c3ccccc3Cl)cc2)n1. The highest BCUT2D eigenvalue weighted by molar-refractivity contribution is 6.33. The molecule has 184 valence electrons. The highest BCUT2D eigenvalue weighted by Gasteiger charge is 2.74. The number of anilines is 1. The number of hydrogen-bond donors (Lipinski definition) is 1. The van der Waals surface area contributed by atoms with E-state index in [-0.39, 0.29) is 10.7 Å². The van der Waals surface area contributed by atoms with Crippen LogP contribution in [0.4, 0.5) is 32.0 Å². The van der Waals surface area contributed by atoms with E-state index in [4.69, 9.17) is 11.6 Å². The first kappa shape index (κ1) is 25.0. The van der Waals surface area contributed by atoms with Crippen molar-refractivity contribution in [3.63, 3.8) is 0 Å². The smallest absolute Gasteiger partial charge is 0.369 e. The van der Waals surface area contributed by atoms with Crippen molar-refractivity contribution in [2.75, 3.05) is 5.01 Å². The number of rotatable bonds is 4. The van der Waals surface area contributed by atoms with E-state index in [1.165, 1.54) is 18.2 Å². The van der Waals surface area contributed by atoms with Crippen LogP contribution in [-0.2, 0) is 0 Å². The van der Waals surface area contributed by atoms with E-state index in [1.807, 2.05) is 19.1 Å². The molecular weight excluding hydrogens is 496 g/mol. The van der Waals surface area contributed by atoms with Crippen LogP contribution < -0.4 is 5.01 Å². The molecule has 4 rings (SSSR count). The normalized spacial score (nSPS) is 17.0. The Kier molecular flexibility index (Phi) is 6.31. The number of hydrogen-bond acceptors (Lipinski definition) is 4. The van der Waals surface area contributed by atoms with E-state index >= 15 is 0 Å². The number of para-hydroxylation sites is 1. The molecule has 0 amide bonds. The third kappa shape index (κ3) is 4.48. The van der Waals surface area contributed by atoms with Crippen LogP contribution in [0, 0.1) is 6.92 Å². The summed E-state index contributed by atoms with van der Waals surface area (Å²) in [5, 5.41) is 14.7. The van der Waals surface area contributed by atoms with Gasteiger partial charge in [-0.1, -0.05) is 54.1 Å². The van der Waals surface area contributed by atoms with Crippen LogP contribution in [0.15, 0.2) is 71.8 Å². The van der Waals surface area contributed by atoms with Crippen molar-refractivity contribution >= 4 is 23.0 Å². The molecule has 1 atom stereocenters. The van der Waals surface area contributed by atoms with Gasteiger partial charge in [-0.2, -0.15) is 31.4 Å². The van der Waals surface area contributed by atoms with E-state index in [1.54, 1.807) is 36.4 Å². The molecule has 0 saturated carbocycles. The summed E-state index contributed by atoms with van der Waals surface area (Å²) < 4.78 is 81.4. The Morgan fingerprint density at radius 2 is 1.51 bits per heavy atom. The first-order chi connectivity index (χ1) is 16.3. The number of pyridine rings is 1. The Morgan fingerprint density at radius 3 is 2.09 bits per heavy atom. The molecule has 1 unspecified atom stereocenters. The summed E-state index contributed by atoms with van der Waals surface area (Å²) in [6.45, 7) is 1.82. The van der Waals surface area contributed by atoms with Crippen molar-refractivity contribution in [2.45, 2.75) is 37.3 Å². The van der Waals surface area contributed by atoms with Crippen molar-refractivity contribution in [2.24, 2.45) is 5.10 Å². The molecule has 1 aromatic heterocycles. The van der Waals surface area contributed by atoms with Gasteiger partial charge in [0.2, 0.25) is 0 Å². The molecule has 4 nitrogen and oxygen atoms in total. The standard InChI is InChI=1S/C24H18ClF6N3O/c1-14-5-4-7-18(32-14)15-9-11-16(12-10-15)20-13-21(22(35,23(26,27)28)24(29,30)31)33-34(20)19-8-3-2-6-17(19)25/h2-12,20,35H,13H2,1H3. The average Bonchev–Trinajstić information content (AvgIpc) is 3.23. The Morgan fingerprint density at radius 1 is 0.886 bits per heavy atom. The van der Waals surface area contributed by atoms with Gasteiger partial charge >= 0.3 is 12.4 Å². The molecule has 2 aromatic carbocycles. The lowest BCUT2D eigenvalue weighted by Gasteiger charge is -2.32.